The lowest BCUT2D eigenvalue weighted by Gasteiger charge is -2.03. The second-order valence-electron chi connectivity index (χ2n) is 2.73. The highest BCUT2D eigenvalue weighted by Crippen LogP contribution is 2.35. The minimum Gasteiger partial charge on any atom is -0.232 e. The summed E-state index contributed by atoms with van der Waals surface area (Å²) < 4.78 is 0. The lowest BCUT2D eigenvalue weighted by Crippen LogP contribution is -1.95. The van der Waals surface area contributed by atoms with E-state index in [1.54, 1.807) is 11.8 Å². The van der Waals surface area contributed by atoms with E-state index in [4.69, 9.17) is 23.2 Å². The molecule has 0 bridgehead atoms. The van der Waals surface area contributed by atoms with E-state index in [-0.39, 0.29) is 0 Å². The molecule has 0 aliphatic carbocycles. The van der Waals surface area contributed by atoms with Gasteiger partial charge in [-0.05, 0) is 6.08 Å². The minimum absolute atomic E-state index is 0.430. The van der Waals surface area contributed by atoms with Crippen molar-refractivity contribution in [3.05, 3.63) is 26.9 Å². The Balaban J connectivity index is 2.47. The van der Waals surface area contributed by atoms with Crippen LogP contribution >= 0.6 is 35.0 Å². The molecule has 4 heteroatoms. The van der Waals surface area contributed by atoms with Crippen LogP contribution in [0.1, 0.15) is 12.8 Å². The first-order chi connectivity index (χ1) is 6.27. The number of fused-ring (bicyclic) bond motifs is 1. The fourth-order valence-corrected chi connectivity index (χ4v) is 2.84. The van der Waals surface area contributed by atoms with Crippen LogP contribution in [-0.2, 0) is 0 Å². The molecule has 2 heterocycles. The molecule has 1 fully saturated rings. The SMILES string of the molecule is ClC1=C=CC/C(Cl)=C2/SCCC2=N1. The maximum atomic E-state index is 6.10. The summed E-state index contributed by atoms with van der Waals surface area (Å²) in [5.74, 6) is 1.05. The molecule has 0 saturated carbocycles. The van der Waals surface area contributed by atoms with Gasteiger partial charge in [-0.1, -0.05) is 28.9 Å². The number of aliphatic imine (C=N–C) groups is 1. The first kappa shape index (κ1) is 9.42. The molecule has 0 unspecified atom stereocenters. The van der Waals surface area contributed by atoms with Gasteiger partial charge in [-0.2, -0.15) is 0 Å². The monoisotopic (exact) mass is 231 g/mol. The third-order valence-electron chi connectivity index (χ3n) is 1.83. The van der Waals surface area contributed by atoms with Crippen LogP contribution in [0.2, 0.25) is 0 Å². The molecular formula is C9H7Cl2NS. The van der Waals surface area contributed by atoms with Gasteiger partial charge in [0.2, 0.25) is 0 Å². The molecule has 0 aromatic rings. The highest BCUT2D eigenvalue weighted by molar-refractivity contribution is 8.04. The van der Waals surface area contributed by atoms with Crippen molar-refractivity contribution in [3.8, 4) is 0 Å². The van der Waals surface area contributed by atoms with E-state index < -0.39 is 0 Å². The largest absolute Gasteiger partial charge is 0.232 e. The molecule has 0 aromatic heterocycles. The first-order valence-corrected chi connectivity index (χ1v) is 5.71. The molecule has 1 saturated heterocycles. The number of halogens is 2. The summed E-state index contributed by atoms with van der Waals surface area (Å²) in [5.41, 5.74) is 3.88. The maximum Gasteiger partial charge on any atom is 0.171 e. The van der Waals surface area contributed by atoms with Gasteiger partial charge in [-0.25, -0.2) is 4.99 Å². The number of hydrogen-bond donors (Lipinski definition) is 0. The predicted octanol–water partition coefficient (Wildman–Crippen LogP) is 3.65. The molecule has 1 nitrogen and oxygen atoms in total. The van der Waals surface area contributed by atoms with Gasteiger partial charge in [0, 0.05) is 28.5 Å². The smallest absolute Gasteiger partial charge is 0.171 e. The molecule has 0 radical (unpaired) electrons. The topological polar surface area (TPSA) is 12.4 Å². The normalized spacial score (nSPS) is 27.5. The summed E-state index contributed by atoms with van der Waals surface area (Å²) in [4.78, 5) is 5.35. The molecule has 68 valence electrons. The van der Waals surface area contributed by atoms with E-state index in [1.165, 1.54) is 0 Å². The minimum atomic E-state index is 0.430. The van der Waals surface area contributed by atoms with E-state index in [0.717, 1.165) is 27.8 Å². The molecule has 0 amide bonds. The van der Waals surface area contributed by atoms with Crippen LogP contribution < -0.4 is 0 Å². The highest BCUT2D eigenvalue weighted by Gasteiger charge is 2.20. The Bertz CT molecular complexity index is 362. The lowest BCUT2D eigenvalue weighted by atomic mass is 10.2. The summed E-state index contributed by atoms with van der Waals surface area (Å²) in [5, 5.41) is 1.29. The third kappa shape index (κ3) is 2.03. The predicted molar refractivity (Wildman–Crippen MR) is 59.5 cm³/mol. The Morgan fingerprint density at radius 2 is 2.31 bits per heavy atom. The van der Waals surface area contributed by atoms with E-state index in [1.807, 2.05) is 6.08 Å². The maximum absolute atomic E-state index is 6.10. The van der Waals surface area contributed by atoms with Gasteiger partial charge in [0.25, 0.3) is 0 Å². The van der Waals surface area contributed by atoms with Crippen LogP contribution in [0, 0.1) is 0 Å². The third-order valence-corrected chi connectivity index (χ3v) is 3.66. The Hall–Kier alpha value is -0.140. The average Bonchev–Trinajstić information content (AvgIpc) is 2.49. The van der Waals surface area contributed by atoms with Crippen LogP contribution in [0.3, 0.4) is 0 Å². The van der Waals surface area contributed by atoms with Crippen molar-refractivity contribution in [2.75, 3.05) is 5.75 Å². The fourth-order valence-electron chi connectivity index (χ4n) is 1.26. The molecule has 0 atom stereocenters. The number of rotatable bonds is 0. The molecule has 2 aliphatic heterocycles. The van der Waals surface area contributed by atoms with Gasteiger partial charge >= 0.3 is 0 Å². The summed E-state index contributed by atoms with van der Waals surface area (Å²) in [6.07, 6.45) is 3.48. The number of thioether (sulfide) groups is 1. The van der Waals surface area contributed by atoms with Crippen molar-refractivity contribution in [3.63, 3.8) is 0 Å². The van der Waals surface area contributed by atoms with E-state index >= 15 is 0 Å². The fraction of sp³-hybridized carbons (Fsp3) is 0.333. The van der Waals surface area contributed by atoms with E-state index in [2.05, 4.69) is 10.7 Å². The van der Waals surface area contributed by atoms with Crippen molar-refractivity contribution in [2.45, 2.75) is 12.8 Å². The Kier molecular flexibility index (Phi) is 2.85. The molecular weight excluding hydrogens is 225 g/mol. The zero-order valence-corrected chi connectivity index (χ0v) is 9.14. The van der Waals surface area contributed by atoms with Gasteiger partial charge < -0.3 is 0 Å². The second-order valence-corrected chi connectivity index (χ2v) is 4.65. The first-order valence-electron chi connectivity index (χ1n) is 3.97. The molecule has 0 spiro atoms. The van der Waals surface area contributed by atoms with Crippen molar-refractivity contribution in [2.24, 2.45) is 4.99 Å². The van der Waals surface area contributed by atoms with Crippen LogP contribution in [0.15, 0.2) is 31.9 Å². The molecule has 0 aromatic carbocycles. The van der Waals surface area contributed by atoms with E-state index in [0.29, 0.717) is 11.6 Å². The summed E-state index contributed by atoms with van der Waals surface area (Å²) >= 11 is 13.7. The van der Waals surface area contributed by atoms with E-state index in [9.17, 15) is 0 Å². The van der Waals surface area contributed by atoms with Gasteiger partial charge in [-0.3, -0.25) is 0 Å². The second kappa shape index (κ2) is 3.93. The quantitative estimate of drug-likeness (QED) is 0.458. The summed E-state index contributed by atoms with van der Waals surface area (Å²) in [6, 6.07) is 0. The molecule has 0 N–H and O–H groups in total. The summed E-state index contributed by atoms with van der Waals surface area (Å²) in [7, 11) is 0. The van der Waals surface area contributed by atoms with Crippen LogP contribution in [0.5, 0.6) is 0 Å². The van der Waals surface area contributed by atoms with Gasteiger partial charge in [0.15, 0.2) is 5.16 Å². The van der Waals surface area contributed by atoms with Crippen LogP contribution in [0.25, 0.3) is 0 Å². The Labute approximate surface area is 91.2 Å². The zero-order valence-electron chi connectivity index (χ0n) is 6.81. The Morgan fingerprint density at radius 3 is 3.15 bits per heavy atom. The molecule has 2 aliphatic rings. The average molecular weight is 232 g/mol. The van der Waals surface area contributed by atoms with Crippen LogP contribution in [-0.4, -0.2) is 11.5 Å². The number of nitrogens with zero attached hydrogens (tertiary/aromatic N) is 1. The van der Waals surface area contributed by atoms with Gasteiger partial charge in [0.1, 0.15) is 0 Å². The van der Waals surface area contributed by atoms with Crippen molar-refractivity contribution in [1.82, 2.24) is 0 Å². The standard InChI is InChI=1S/C9H7Cl2NS/c10-6-2-1-3-8(11)12-7-4-5-13-9(6)7/h1H,2,4-5H2/b9-6-,12-7?. The van der Waals surface area contributed by atoms with Gasteiger partial charge in [-0.15, -0.1) is 11.8 Å². The molecule has 2 rings (SSSR count). The van der Waals surface area contributed by atoms with Crippen molar-refractivity contribution < 1.29 is 0 Å². The van der Waals surface area contributed by atoms with Crippen LogP contribution in [0.4, 0.5) is 0 Å². The Morgan fingerprint density at radius 1 is 1.46 bits per heavy atom. The number of allylic oxidation sites excluding steroid dienone is 3. The zero-order chi connectivity index (χ0) is 9.26. The lowest BCUT2D eigenvalue weighted by molar-refractivity contribution is 1.28. The van der Waals surface area contributed by atoms with Crippen molar-refractivity contribution in [1.29, 1.82) is 0 Å². The summed E-state index contributed by atoms with van der Waals surface area (Å²) in [6.45, 7) is 0. The molecule has 13 heavy (non-hydrogen) atoms. The van der Waals surface area contributed by atoms with Crippen molar-refractivity contribution >= 4 is 40.7 Å². The van der Waals surface area contributed by atoms with Gasteiger partial charge in [0.05, 0.1) is 5.71 Å². The highest BCUT2D eigenvalue weighted by atomic mass is 35.5. The number of hydrogen-bond acceptors (Lipinski definition) is 2.